The highest BCUT2D eigenvalue weighted by atomic mass is 15.0. The fourth-order valence-corrected chi connectivity index (χ4v) is 2.71. The summed E-state index contributed by atoms with van der Waals surface area (Å²) in [5.74, 6) is 3.46. The lowest BCUT2D eigenvalue weighted by molar-refractivity contribution is 0.684. The van der Waals surface area contributed by atoms with Crippen LogP contribution in [0, 0.1) is 0 Å². The molecule has 0 aromatic carbocycles. The molecule has 1 N–H and O–H groups in total. The first kappa shape index (κ1) is 11.0. The zero-order chi connectivity index (χ0) is 11.7. The number of rotatable bonds is 4. The topological polar surface area (TPSA) is 37.8 Å². The minimum Gasteiger partial charge on any atom is -0.370 e. The van der Waals surface area contributed by atoms with Gasteiger partial charge in [0.15, 0.2) is 0 Å². The van der Waals surface area contributed by atoms with Crippen LogP contribution in [0.15, 0.2) is 6.07 Å². The van der Waals surface area contributed by atoms with Crippen molar-refractivity contribution in [3.05, 3.63) is 17.6 Å². The van der Waals surface area contributed by atoms with Crippen LogP contribution >= 0.6 is 0 Å². The Morgan fingerprint density at radius 1 is 1.12 bits per heavy atom. The standard InChI is InChI=1S/C14H21N3/c1-2-15-13-9-12(10-5-3-4-6-10)16-14(17-13)11-7-8-11/h9-11H,2-8H2,1H3,(H,15,16,17). The van der Waals surface area contributed by atoms with E-state index >= 15 is 0 Å². The number of nitrogens with zero attached hydrogens (tertiary/aromatic N) is 2. The molecule has 0 saturated heterocycles. The van der Waals surface area contributed by atoms with Crippen LogP contribution in [0.3, 0.4) is 0 Å². The van der Waals surface area contributed by atoms with E-state index in [0.29, 0.717) is 11.8 Å². The van der Waals surface area contributed by atoms with Gasteiger partial charge in [-0.25, -0.2) is 9.97 Å². The highest BCUT2D eigenvalue weighted by Gasteiger charge is 2.28. The molecule has 0 spiro atoms. The molecule has 2 saturated carbocycles. The maximum Gasteiger partial charge on any atom is 0.134 e. The van der Waals surface area contributed by atoms with Gasteiger partial charge in [0.05, 0.1) is 0 Å². The first-order valence-corrected chi connectivity index (χ1v) is 6.99. The Morgan fingerprint density at radius 2 is 1.88 bits per heavy atom. The van der Waals surface area contributed by atoms with Gasteiger partial charge >= 0.3 is 0 Å². The monoisotopic (exact) mass is 231 g/mol. The number of hydrogen-bond acceptors (Lipinski definition) is 3. The van der Waals surface area contributed by atoms with Crippen LogP contribution in [-0.2, 0) is 0 Å². The SMILES string of the molecule is CCNc1cc(C2CCCC2)nc(C2CC2)n1. The van der Waals surface area contributed by atoms with Crippen molar-refractivity contribution in [2.75, 3.05) is 11.9 Å². The van der Waals surface area contributed by atoms with E-state index in [-0.39, 0.29) is 0 Å². The van der Waals surface area contributed by atoms with E-state index in [0.717, 1.165) is 18.2 Å². The van der Waals surface area contributed by atoms with Crippen molar-refractivity contribution in [1.29, 1.82) is 0 Å². The Morgan fingerprint density at radius 3 is 2.53 bits per heavy atom. The van der Waals surface area contributed by atoms with Crippen molar-refractivity contribution in [3.63, 3.8) is 0 Å². The summed E-state index contributed by atoms with van der Waals surface area (Å²) in [5.41, 5.74) is 1.29. The molecule has 2 aliphatic carbocycles. The lowest BCUT2D eigenvalue weighted by Gasteiger charge is -2.12. The Hall–Kier alpha value is -1.12. The highest BCUT2D eigenvalue weighted by Crippen LogP contribution is 2.40. The van der Waals surface area contributed by atoms with Crippen LogP contribution in [0.25, 0.3) is 0 Å². The van der Waals surface area contributed by atoms with E-state index in [1.807, 2.05) is 0 Å². The molecule has 0 atom stereocenters. The number of aromatic nitrogens is 2. The van der Waals surface area contributed by atoms with Crippen LogP contribution in [0.2, 0.25) is 0 Å². The quantitative estimate of drug-likeness (QED) is 0.862. The Balaban J connectivity index is 1.89. The third-order valence-electron chi connectivity index (χ3n) is 3.84. The summed E-state index contributed by atoms with van der Waals surface area (Å²) in [5, 5.41) is 3.34. The van der Waals surface area contributed by atoms with Gasteiger partial charge in [0, 0.05) is 30.1 Å². The minimum atomic E-state index is 0.647. The molecular formula is C14H21N3. The second-order valence-electron chi connectivity index (χ2n) is 5.32. The first-order chi connectivity index (χ1) is 8.36. The average molecular weight is 231 g/mol. The lowest BCUT2D eigenvalue weighted by atomic mass is 10.0. The van der Waals surface area contributed by atoms with Crippen molar-refractivity contribution in [1.82, 2.24) is 9.97 Å². The number of hydrogen-bond donors (Lipinski definition) is 1. The third-order valence-corrected chi connectivity index (χ3v) is 3.84. The molecule has 3 rings (SSSR count). The smallest absolute Gasteiger partial charge is 0.134 e. The summed E-state index contributed by atoms with van der Waals surface area (Å²) in [6, 6.07) is 2.17. The van der Waals surface area contributed by atoms with Gasteiger partial charge in [-0.3, -0.25) is 0 Å². The summed E-state index contributed by atoms with van der Waals surface area (Å²) >= 11 is 0. The van der Waals surface area contributed by atoms with Gasteiger partial charge in [-0.05, 0) is 32.6 Å². The molecule has 2 aliphatic rings. The van der Waals surface area contributed by atoms with Crippen molar-refractivity contribution in [3.8, 4) is 0 Å². The van der Waals surface area contributed by atoms with Gasteiger partial charge in [0.2, 0.25) is 0 Å². The molecule has 3 heteroatoms. The second-order valence-corrected chi connectivity index (χ2v) is 5.32. The van der Waals surface area contributed by atoms with E-state index in [1.54, 1.807) is 0 Å². The van der Waals surface area contributed by atoms with Gasteiger partial charge < -0.3 is 5.32 Å². The third kappa shape index (κ3) is 2.43. The van der Waals surface area contributed by atoms with E-state index < -0.39 is 0 Å². The Labute approximate surface area is 103 Å². The molecule has 3 nitrogen and oxygen atoms in total. The predicted molar refractivity (Wildman–Crippen MR) is 69.4 cm³/mol. The Bertz CT molecular complexity index is 392. The predicted octanol–water partition coefficient (Wildman–Crippen LogP) is 3.44. The molecule has 0 aliphatic heterocycles. The second kappa shape index (κ2) is 4.63. The van der Waals surface area contributed by atoms with Gasteiger partial charge in [-0.1, -0.05) is 12.8 Å². The highest BCUT2D eigenvalue weighted by molar-refractivity contribution is 5.38. The average Bonchev–Trinajstić information content (AvgIpc) is 3.05. The molecule has 0 radical (unpaired) electrons. The minimum absolute atomic E-state index is 0.647. The number of anilines is 1. The largest absolute Gasteiger partial charge is 0.370 e. The van der Waals surface area contributed by atoms with Gasteiger partial charge in [-0.15, -0.1) is 0 Å². The molecule has 0 unspecified atom stereocenters. The van der Waals surface area contributed by atoms with E-state index in [2.05, 4.69) is 23.3 Å². The van der Waals surface area contributed by atoms with Crippen LogP contribution in [0.4, 0.5) is 5.82 Å². The zero-order valence-electron chi connectivity index (χ0n) is 10.6. The van der Waals surface area contributed by atoms with Crippen molar-refractivity contribution < 1.29 is 0 Å². The van der Waals surface area contributed by atoms with E-state index in [4.69, 9.17) is 4.98 Å². The maximum atomic E-state index is 4.81. The summed E-state index contributed by atoms with van der Waals surface area (Å²) in [4.78, 5) is 9.44. The van der Waals surface area contributed by atoms with E-state index in [1.165, 1.54) is 44.2 Å². The van der Waals surface area contributed by atoms with Crippen molar-refractivity contribution >= 4 is 5.82 Å². The van der Waals surface area contributed by atoms with Crippen molar-refractivity contribution in [2.45, 2.75) is 57.3 Å². The zero-order valence-corrected chi connectivity index (χ0v) is 10.6. The molecule has 17 heavy (non-hydrogen) atoms. The lowest BCUT2D eigenvalue weighted by Crippen LogP contribution is -2.07. The molecule has 1 aromatic heterocycles. The molecule has 1 aromatic rings. The molecular weight excluding hydrogens is 210 g/mol. The molecule has 0 bridgehead atoms. The molecule has 92 valence electrons. The molecule has 0 amide bonds. The maximum absolute atomic E-state index is 4.81. The van der Waals surface area contributed by atoms with E-state index in [9.17, 15) is 0 Å². The fourth-order valence-electron chi connectivity index (χ4n) is 2.71. The van der Waals surface area contributed by atoms with Crippen LogP contribution < -0.4 is 5.32 Å². The first-order valence-electron chi connectivity index (χ1n) is 6.99. The summed E-state index contributed by atoms with van der Waals surface area (Å²) in [6.07, 6.45) is 7.91. The van der Waals surface area contributed by atoms with Gasteiger partial charge in [-0.2, -0.15) is 0 Å². The summed E-state index contributed by atoms with van der Waals surface area (Å²) in [7, 11) is 0. The summed E-state index contributed by atoms with van der Waals surface area (Å²) in [6.45, 7) is 3.05. The summed E-state index contributed by atoms with van der Waals surface area (Å²) < 4.78 is 0. The number of nitrogens with one attached hydrogen (secondary N) is 1. The van der Waals surface area contributed by atoms with Gasteiger partial charge in [0.25, 0.3) is 0 Å². The van der Waals surface area contributed by atoms with Crippen molar-refractivity contribution in [2.24, 2.45) is 0 Å². The van der Waals surface area contributed by atoms with Crippen LogP contribution in [-0.4, -0.2) is 16.5 Å². The van der Waals surface area contributed by atoms with Crippen LogP contribution in [0.1, 0.15) is 68.8 Å². The fraction of sp³-hybridized carbons (Fsp3) is 0.714. The van der Waals surface area contributed by atoms with Crippen LogP contribution in [0.5, 0.6) is 0 Å². The Kier molecular flexibility index (Phi) is 3.00. The molecule has 1 heterocycles. The normalized spacial score (nSPS) is 20.8. The molecule has 2 fully saturated rings. The van der Waals surface area contributed by atoms with Gasteiger partial charge in [0.1, 0.15) is 11.6 Å².